The number of para-hydroxylation sites is 1. The SMILES string of the molecule is COc1ccc(OCCn2cc(/C=C3\C(=N)N4N=C(c5cccnc5)SC4=NC3=O)c3ccccc32)cc1. The number of nitrogens with one attached hydrogen (secondary N) is 1. The van der Waals surface area contributed by atoms with Crippen molar-refractivity contribution < 1.29 is 14.3 Å². The first-order valence-corrected chi connectivity index (χ1v) is 12.7. The minimum absolute atomic E-state index is 0.00828. The molecule has 2 aliphatic heterocycles. The normalized spacial score (nSPS) is 16.0. The summed E-state index contributed by atoms with van der Waals surface area (Å²) in [7, 11) is 1.63. The van der Waals surface area contributed by atoms with E-state index in [4.69, 9.17) is 14.9 Å². The number of pyridine rings is 1. The molecular formula is C28H22N6O3S. The maximum atomic E-state index is 13.0. The largest absolute Gasteiger partial charge is 0.497 e. The summed E-state index contributed by atoms with van der Waals surface area (Å²) in [6.45, 7) is 1.06. The molecule has 0 unspecified atom stereocenters. The minimum atomic E-state index is -0.462. The molecule has 0 atom stereocenters. The average Bonchev–Trinajstić information content (AvgIpc) is 3.54. The van der Waals surface area contributed by atoms with Gasteiger partial charge in [0.25, 0.3) is 5.91 Å². The number of fused-ring (bicyclic) bond motifs is 2. The van der Waals surface area contributed by atoms with E-state index < -0.39 is 5.91 Å². The fourth-order valence-electron chi connectivity index (χ4n) is 4.26. The molecule has 0 saturated heterocycles. The number of thioether (sulfide) groups is 1. The number of amides is 1. The van der Waals surface area contributed by atoms with Crippen LogP contribution in [0.2, 0.25) is 0 Å². The molecule has 0 bridgehead atoms. The predicted octanol–water partition coefficient (Wildman–Crippen LogP) is 4.79. The zero-order valence-electron chi connectivity index (χ0n) is 20.4. The van der Waals surface area contributed by atoms with E-state index in [1.807, 2.05) is 66.9 Å². The maximum absolute atomic E-state index is 13.0. The van der Waals surface area contributed by atoms with E-state index in [9.17, 15) is 4.79 Å². The van der Waals surface area contributed by atoms with E-state index >= 15 is 0 Å². The number of rotatable bonds is 7. The van der Waals surface area contributed by atoms with E-state index in [1.165, 1.54) is 16.8 Å². The smallest absolute Gasteiger partial charge is 0.283 e. The number of carbonyl (C=O) groups excluding carboxylic acids is 1. The van der Waals surface area contributed by atoms with Gasteiger partial charge in [0.05, 0.1) is 19.2 Å². The highest BCUT2D eigenvalue weighted by molar-refractivity contribution is 8.27. The van der Waals surface area contributed by atoms with Crippen molar-refractivity contribution in [2.45, 2.75) is 6.54 Å². The van der Waals surface area contributed by atoms with Gasteiger partial charge in [-0.05, 0) is 60.3 Å². The zero-order valence-corrected chi connectivity index (χ0v) is 21.2. The third kappa shape index (κ3) is 4.46. The van der Waals surface area contributed by atoms with Gasteiger partial charge in [-0.25, -0.2) is 0 Å². The third-order valence-corrected chi connectivity index (χ3v) is 7.10. The molecule has 2 aliphatic rings. The fraction of sp³-hybridized carbons (Fsp3) is 0.107. The van der Waals surface area contributed by atoms with Gasteiger partial charge in [0.2, 0.25) is 5.17 Å². The summed E-state index contributed by atoms with van der Waals surface area (Å²) in [4.78, 5) is 21.3. The Kier molecular flexibility index (Phi) is 6.22. The van der Waals surface area contributed by atoms with Crippen LogP contribution in [0.3, 0.4) is 0 Å². The van der Waals surface area contributed by atoms with Crippen LogP contribution in [0.25, 0.3) is 17.0 Å². The van der Waals surface area contributed by atoms with Crippen LogP contribution < -0.4 is 9.47 Å². The van der Waals surface area contributed by atoms with Crippen LogP contribution in [0.1, 0.15) is 11.1 Å². The monoisotopic (exact) mass is 522 g/mol. The summed E-state index contributed by atoms with van der Waals surface area (Å²) >= 11 is 1.25. The van der Waals surface area contributed by atoms with Crippen molar-refractivity contribution in [2.24, 2.45) is 10.1 Å². The van der Waals surface area contributed by atoms with Gasteiger partial charge in [-0.1, -0.05) is 18.2 Å². The quantitative estimate of drug-likeness (QED) is 0.350. The van der Waals surface area contributed by atoms with Gasteiger partial charge in [0.15, 0.2) is 5.84 Å². The second-order valence-electron chi connectivity index (χ2n) is 8.49. The second-order valence-corrected chi connectivity index (χ2v) is 9.44. The molecule has 0 aliphatic carbocycles. The van der Waals surface area contributed by atoms with Crippen LogP contribution in [0.5, 0.6) is 11.5 Å². The van der Waals surface area contributed by atoms with E-state index in [-0.39, 0.29) is 11.4 Å². The molecule has 38 heavy (non-hydrogen) atoms. The van der Waals surface area contributed by atoms with Crippen LogP contribution in [-0.4, -0.2) is 50.2 Å². The molecule has 9 nitrogen and oxygen atoms in total. The van der Waals surface area contributed by atoms with Gasteiger partial charge in [-0.15, -0.1) is 0 Å². The van der Waals surface area contributed by atoms with Crippen LogP contribution in [0.4, 0.5) is 0 Å². The number of aliphatic imine (C=N–C) groups is 1. The Labute approximate surface area is 222 Å². The topological polar surface area (TPSA) is 105 Å². The number of amidine groups is 2. The van der Waals surface area contributed by atoms with Crippen molar-refractivity contribution in [2.75, 3.05) is 13.7 Å². The molecule has 0 fully saturated rings. The van der Waals surface area contributed by atoms with E-state index in [0.717, 1.165) is 33.5 Å². The van der Waals surface area contributed by atoms with Gasteiger partial charge < -0.3 is 14.0 Å². The second kappa shape index (κ2) is 9.98. The molecule has 10 heteroatoms. The number of benzene rings is 2. The molecule has 6 rings (SSSR count). The Morgan fingerprint density at radius 1 is 1.05 bits per heavy atom. The molecule has 4 aromatic rings. The van der Waals surface area contributed by atoms with Crippen LogP contribution >= 0.6 is 11.8 Å². The first-order valence-electron chi connectivity index (χ1n) is 11.9. The Balaban J connectivity index is 1.26. The Bertz CT molecular complexity index is 1640. The van der Waals surface area contributed by atoms with Crippen molar-refractivity contribution in [3.8, 4) is 11.5 Å². The molecule has 0 radical (unpaired) electrons. The number of hydrazone groups is 1. The number of methoxy groups -OCH3 is 1. The predicted molar refractivity (Wildman–Crippen MR) is 149 cm³/mol. The molecule has 0 spiro atoms. The van der Waals surface area contributed by atoms with Crippen molar-refractivity contribution in [1.82, 2.24) is 14.6 Å². The first kappa shape index (κ1) is 23.7. The first-order chi connectivity index (χ1) is 18.6. The third-order valence-electron chi connectivity index (χ3n) is 6.14. The highest BCUT2D eigenvalue weighted by Gasteiger charge is 2.36. The number of nitrogens with zero attached hydrogens (tertiary/aromatic N) is 5. The lowest BCUT2D eigenvalue weighted by atomic mass is 10.1. The molecular weight excluding hydrogens is 500 g/mol. The summed E-state index contributed by atoms with van der Waals surface area (Å²) in [5, 5.41) is 16.7. The fourth-order valence-corrected chi connectivity index (χ4v) is 5.14. The van der Waals surface area contributed by atoms with Gasteiger partial charge in [-0.3, -0.25) is 15.2 Å². The maximum Gasteiger partial charge on any atom is 0.283 e. The van der Waals surface area contributed by atoms with E-state index in [2.05, 4.69) is 19.6 Å². The molecule has 188 valence electrons. The summed E-state index contributed by atoms with van der Waals surface area (Å²) in [5.41, 5.74) is 2.81. The molecule has 0 saturated carbocycles. The summed E-state index contributed by atoms with van der Waals surface area (Å²) < 4.78 is 13.2. The summed E-state index contributed by atoms with van der Waals surface area (Å²) in [6.07, 6.45) is 7.07. The number of hydrogen-bond acceptors (Lipinski definition) is 7. The summed E-state index contributed by atoms with van der Waals surface area (Å²) in [5.74, 6) is 1.06. The van der Waals surface area contributed by atoms with Crippen molar-refractivity contribution in [3.05, 3.63) is 96.0 Å². The van der Waals surface area contributed by atoms with Crippen molar-refractivity contribution in [3.63, 3.8) is 0 Å². The Hall–Kier alpha value is -4.70. The number of carbonyl (C=O) groups is 1. The lowest BCUT2D eigenvalue weighted by molar-refractivity contribution is -0.114. The highest BCUT2D eigenvalue weighted by Crippen LogP contribution is 2.32. The standard InChI is InChI=1S/C28H22N6O3S/c1-36-20-8-10-21(11-9-20)37-14-13-33-17-19(22-6-2-3-7-24(22)33)15-23-25(29)34-28(31-26(23)35)38-27(32-34)18-5-4-12-30-16-18/h2-12,15-17,29H,13-14H2,1H3/b23-15+,29-25?. The van der Waals surface area contributed by atoms with E-state index in [1.54, 1.807) is 25.6 Å². The van der Waals surface area contributed by atoms with Gasteiger partial charge in [-0.2, -0.15) is 15.1 Å². The van der Waals surface area contributed by atoms with Crippen LogP contribution in [0, 0.1) is 5.41 Å². The van der Waals surface area contributed by atoms with Crippen molar-refractivity contribution in [1.29, 1.82) is 5.41 Å². The molecule has 2 aromatic heterocycles. The molecule has 1 N–H and O–H groups in total. The average molecular weight is 523 g/mol. The number of ether oxygens (including phenoxy) is 2. The zero-order chi connectivity index (χ0) is 26.1. The van der Waals surface area contributed by atoms with Crippen LogP contribution in [0.15, 0.2) is 94.9 Å². The molecule has 4 heterocycles. The number of aromatic nitrogens is 2. The van der Waals surface area contributed by atoms with E-state index in [0.29, 0.717) is 23.4 Å². The Morgan fingerprint density at radius 2 is 1.87 bits per heavy atom. The number of hydrogen-bond donors (Lipinski definition) is 1. The van der Waals surface area contributed by atoms with Gasteiger partial charge in [0.1, 0.15) is 23.1 Å². The van der Waals surface area contributed by atoms with Gasteiger partial charge >= 0.3 is 0 Å². The van der Waals surface area contributed by atoms with Crippen LogP contribution in [-0.2, 0) is 11.3 Å². The molecule has 2 aromatic carbocycles. The molecule has 1 amide bonds. The van der Waals surface area contributed by atoms with Gasteiger partial charge in [0, 0.05) is 40.6 Å². The Morgan fingerprint density at radius 3 is 2.66 bits per heavy atom. The lowest BCUT2D eigenvalue weighted by Gasteiger charge is -2.20. The highest BCUT2D eigenvalue weighted by atomic mass is 32.2. The van der Waals surface area contributed by atoms with Crippen molar-refractivity contribution >= 4 is 50.7 Å². The minimum Gasteiger partial charge on any atom is -0.497 e. The summed E-state index contributed by atoms with van der Waals surface area (Å²) in [6, 6.07) is 19.1. The lowest BCUT2D eigenvalue weighted by Crippen LogP contribution is -2.35.